The number of aromatic nitrogens is 1. The number of hydrogen-bond acceptors (Lipinski definition) is 4. The van der Waals surface area contributed by atoms with Gasteiger partial charge in [-0.05, 0) is 12.1 Å². The molecule has 0 radical (unpaired) electrons. The van der Waals surface area contributed by atoms with Gasteiger partial charge in [0.05, 0.1) is 12.2 Å². The van der Waals surface area contributed by atoms with E-state index in [0.29, 0.717) is 25.2 Å². The van der Waals surface area contributed by atoms with Crippen molar-refractivity contribution in [3.8, 4) is 0 Å². The van der Waals surface area contributed by atoms with Gasteiger partial charge < -0.3 is 9.47 Å². The van der Waals surface area contributed by atoms with Gasteiger partial charge in [-0.2, -0.15) is 0 Å². The third-order valence-corrected chi connectivity index (χ3v) is 2.11. The normalized spacial score (nSPS) is 10.2. The van der Waals surface area contributed by atoms with Crippen molar-refractivity contribution >= 4 is 29.2 Å². The lowest BCUT2D eigenvalue weighted by atomic mass is 10.3. The minimum Gasteiger partial charge on any atom is -0.462 e. The summed E-state index contributed by atoms with van der Waals surface area (Å²) in [7, 11) is 1.59. The van der Waals surface area contributed by atoms with Crippen LogP contribution in [0.15, 0.2) is 12.1 Å². The summed E-state index contributed by atoms with van der Waals surface area (Å²) in [4.78, 5) is 15.2. The fraction of sp³-hybridized carbons (Fsp3) is 0.400. The molecule has 0 aliphatic carbocycles. The zero-order valence-corrected chi connectivity index (χ0v) is 10.2. The lowest BCUT2D eigenvalue weighted by Gasteiger charge is -2.04. The maximum Gasteiger partial charge on any atom is 0.338 e. The average molecular weight is 264 g/mol. The standard InChI is InChI=1S/C10H11Cl2NO3/c1-15-3-2-4-16-10(14)7-5-8(11)13-9(12)6-7/h5-6H,2-4H2,1H3. The molecule has 0 bridgehead atoms. The molecule has 1 rings (SSSR count). The van der Waals surface area contributed by atoms with Crippen molar-refractivity contribution in [2.45, 2.75) is 6.42 Å². The Balaban J connectivity index is 2.52. The minimum atomic E-state index is -0.470. The maximum absolute atomic E-state index is 11.5. The maximum atomic E-state index is 11.5. The van der Waals surface area contributed by atoms with E-state index in [1.54, 1.807) is 7.11 Å². The van der Waals surface area contributed by atoms with Crippen LogP contribution in [-0.2, 0) is 9.47 Å². The first-order valence-electron chi connectivity index (χ1n) is 4.62. The first kappa shape index (κ1) is 13.2. The van der Waals surface area contributed by atoms with E-state index < -0.39 is 5.97 Å². The van der Waals surface area contributed by atoms with Gasteiger partial charge in [-0.15, -0.1) is 0 Å². The molecule has 0 atom stereocenters. The molecule has 88 valence electrons. The lowest BCUT2D eigenvalue weighted by Crippen LogP contribution is -2.08. The first-order valence-corrected chi connectivity index (χ1v) is 5.38. The summed E-state index contributed by atoms with van der Waals surface area (Å²) in [5.41, 5.74) is 0.294. The first-order chi connectivity index (χ1) is 7.63. The van der Waals surface area contributed by atoms with Crippen LogP contribution in [0.5, 0.6) is 0 Å². The van der Waals surface area contributed by atoms with Crippen LogP contribution in [-0.4, -0.2) is 31.3 Å². The monoisotopic (exact) mass is 263 g/mol. The van der Waals surface area contributed by atoms with Crippen LogP contribution in [0.1, 0.15) is 16.8 Å². The number of esters is 1. The third-order valence-electron chi connectivity index (χ3n) is 1.72. The van der Waals surface area contributed by atoms with Crippen molar-refractivity contribution in [3.05, 3.63) is 28.0 Å². The number of pyridine rings is 1. The summed E-state index contributed by atoms with van der Waals surface area (Å²) in [5.74, 6) is -0.470. The minimum absolute atomic E-state index is 0.163. The molecule has 0 saturated heterocycles. The molecule has 0 amide bonds. The predicted molar refractivity (Wildman–Crippen MR) is 61.0 cm³/mol. The quantitative estimate of drug-likeness (QED) is 0.466. The Hall–Kier alpha value is -0.840. The molecule has 4 nitrogen and oxygen atoms in total. The van der Waals surface area contributed by atoms with E-state index in [1.807, 2.05) is 0 Å². The Morgan fingerprint density at radius 3 is 2.50 bits per heavy atom. The van der Waals surface area contributed by atoms with Crippen LogP contribution in [0.2, 0.25) is 10.3 Å². The van der Waals surface area contributed by atoms with Crippen molar-refractivity contribution in [3.63, 3.8) is 0 Å². The number of carbonyl (C=O) groups is 1. The highest BCUT2D eigenvalue weighted by Gasteiger charge is 2.09. The Kier molecular flexibility index (Phi) is 5.52. The number of hydrogen-bond donors (Lipinski definition) is 0. The second kappa shape index (κ2) is 6.68. The summed E-state index contributed by atoms with van der Waals surface area (Å²) >= 11 is 11.3. The van der Waals surface area contributed by atoms with Crippen LogP contribution < -0.4 is 0 Å². The van der Waals surface area contributed by atoms with E-state index in [4.69, 9.17) is 32.7 Å². The van der Waals surface area contributed by atoms with E-state index in [2.05, 4.69) is 4.98 Å². The van der Waals surface area contributed by atoms with Crippen molar-refractivity contribution in [2.75, 3.05) is 20.3 Å². The van der Waals surface area contributed by atoms with Crippen molar-refractivity contribution in [1.82, 2.24) is 4.98 Å². The second-order valence-electron chi connectivity index (χ2n) is 2.98. The summed E-state index contributed by atoms with van der Waals surface area (Å²) in [6.07, 6.45) is 0.648. The van der Waals surface area contributed by atoms with Gasteiger partial charge in [-0.3, -0.25) is 0 Å². The molecule has 0 fully saturated rings. The van der Waals surface area contributed by atoms with E-state index in [9.17, 15) is 4.79 Å². The van der Waals surface area contributed by atoms with E-state index in [1.165, 1.54) is 12.1 Å². The molecule has 1 aromatic heterocycles. The summed E-state index contributed by atoms with van der Waals surface area (Å²) < 4.78 is 9.80. The van der Waals surface area contributed by atoms with Crippen LogP contribution >= 0.6 is 23.2 Å². The molecule has 1 aromatic rings. The Labute approximate surface area is 103 Å². The zero-order valence-electron chi connectivity index (χ0n) is 8.70. The molecule has 0 aliphatic rings. The fourth-order valence-electron chi connectivity index (χ4n) is 1.03. The molecular formula is C10H11Cl2NO3. The topological polar surface area (TPSA) is 48.4 Å². The fourth-order valence-corrected chi connectivity index (χ4v) is 1.49. The molecule has 1 heterocycles. The lowest BCUT2D eigenvalue weighted by molar-refractivity contribution is 0.0468. The summed E-state index contributed by atoms with van der Waals surface area (Å²) in [6, 6.07) is 2.82. The number of methoxy groups -OCH3 is 1. The number of nitrogens with zero attached hydrogens (tertiary/aromatic N) is 1. The molecule has 16 heavy (non-hydrogen) atoms. The van der Waals surface area contributed by atoms with Crippen molar-refractivity contribution in [1.29, 1.82) is 0 Å². The van der Waals surface area contributed by atoms with Gasteiger partial charge in [0.25, 0.3) is 0 Å². The highest BCUT2D eigenvalue weighted by Crippen LogP contribution is 2.15. The Bertz CT molecular complexity index is 351. The van der Waals surface area contributed by atoms with Gasteiger partial charge in [0.2, 0.25) is 0 Å². The molecule has 0 saturated carbocycles. The highest BCUT2D eigenvalue weighted by atomic mass is 35.5. The number of halogens is 2. The number of carbonyl (C=O) groups excluding carboxylic acids is 1. The predicted octanol–water partition coefficient (Wildman–Crippen LogP) is 2.58. The summed E-state index contributed by atoms with van der Waals surface area (Å²) in [5, 5.41) is 0.327. The molecule has 0 aromatic carbocycles. The molecule has 0 unspecified atom stereocenters. The van der Waals surface area contributed by atoms with Crippen LogP contribution in [0, 0.1) is 0 Å². The van der Waals surface area contributed by atoms with Crippen molar-refractivity contribution in [2.24, 2.45) is 0 Å². The van der Waals surface area contributed by atoms with Crippen LogP contribution in [0.4, 0.5) is 0 Å². The largest absolute Gasteiger partial charge is 0.462 e. The van der Waals surface area contributed by atoms with Gasteiger partial charge in [0, 0.05) is 20.1 Å². The van der Waals surface area contributed by atoms with Gasteiger partial charge in [0.1, 0.15) is 10.3 Å². The van der Waals surface area contributed by atoms with Gasteiger partial charge >= 0.3 is 5.97 Å². The van der Waals surface area contributed by atoms with Crippen molar-refractivity contribution < 1.29 is 14.3 Å². The molecule has 6 heteroatoms. The smallest absolute Gasteiger partial charge is 0.338 e. The molecule has 0 N–H and O–H groups in total. The van der Waals surface area contributed by atoms with Gasteiger partial charge in [-0.1, -0.05) is 23.2 Å². The van der Waals surface area contributed by atoms with Gasteiger partial charge in [-0.25, -0.2) is 9.78 Å². The molecule has 0 aliphatic heterocycles. The zero-order chi connectivity index (χ0) is 12.0. The average Bonchev–Trinajstić information content (AvgIpc) is 2.22. The van der Waals surface area contributed by atoms with E-state index in [0.717, 1.165) is 0 Å². The van der Waals surface area contributed by atoms with Gasteiger partial charge in [0.15, 0.2) is 0 Å². The van der Waals surface area contributed by atoms with E-state index in [-0.39, 0.29) is 10.3 Å². The number of rotatable bonds is 5. The molecular weight excluding hydrogens is 253 g/mol. The SMILES string of the molecule is COCCCOC(=O)c1cc(Cl)nc(Cl)c1. The highest BCUT2D eigenvalue weighted by molar-refractivity contribution is 6.32. The van der Waals surface area contributed by atoms with Crippen LogP contribution in [0.3, 0.4) is 0 Å². The Morgan fingerprint density at radius 2 is 1.94 bits per heavy atom. The third kappa shape index (κ3) is 4.35. The van der Waals surface area contributed by atoms with E-state index >= 15 is 0 Å². The number of ether oxygens (including phenoxy) is 2. The second-order valence-corrected chi connectivity index (χ2v) is 3.76. The van der Waals surface area contributed by atoms with Crippen LogP contribution in [0.25, 0.3) is 0 Å². The Morgan fingerprint density at radius 1 is 1.31 bits per heavy atom. The summed E-state index contributed by atoms with van der Waals surface area (Å²) in [6.45, 7) is 0.843. The molecule has 0 spiro atoms.